The lowest BCUT2D eigenvalue weighted by Crippen LogP contribution is -1.99. The van der Waals surface area contributed by atoms with Gasteiger partial charge in [0.05, 0.1) is 0 Å². The van der Waals surface area contributed by atoms with Crippen molar-refractivity contribution in [1.82, 2.24) is 0 Å². The molecule has 0 fully saturated rings. The Labute approximate surface area is 71.3 Å². The van der Waals surface area contributed by atoms with Gasteiger partial charge in [0.1, 0.15) is 0 Å². The number of ether oxygens (including phenoxy) is 1. The number of nitroso groups, excluding NO2 is 1. The van der Waals surface area contributed by atoms with Gasteiger partial charge in [0.15, 0.2) is 0 Å². The summed E-state index contributed by atoms with van der Waals surface area (Å²) < 4.78 is 5.10. The second kappa shape index (κ2) is 4.62. The van der Waals surface area contributed by atoms with Crippen LogP contribution in [0.25, 0.3) is 0 Å². The molecule has 1 atom stereocenters. The molecule has 3 heteroatoms. The van der Waals surface area contributed by atoms with Crippen molar-refractivity contribution in [3.8, 4) is 0 Å². The zero-order valence-corrected chi connectivity index (χ0v) is 6.93. The molecule has 0 bridgehead atoms. The van der Waals surface area contributed by atoms with Crippen molar-refractivity contribution in [2.24, 2.45) is 5.18 Å². The smallest absolute Gasteiger partial charge is 0.215 e. The number of nitrogens with zero attached hydrogens (tertiary/aromatic N) is 1. The average Bonchev–Trinajstić information content (AvgIpc) is 2.15. The molecule has 0 aliphatic carbocycles. The van der Waals surface area contributed by atoms with Crippen LogP contribution in [-0.4, -0.2) is 6.61 Å². The van der Waals surface area contributed by atoms with Crippen LogP contribution in [0.2, 0.25) is 0 Å². The monoisotopic (exact) mass is 165 g/mol. The number of rotatable bonds is 4. The van der Waals surface area contributed by atoms with Crippen molar-refractivity contribution >= 4 is 0 Å². The molecule has 0 heterocycles. The van der Waals surface area contributed by atoms with Crippen LogP contribution in [0.3, 0.4) is 0 Å². The molecule has 0 saturated carbocycles. The van der Waals surface area contributed by atoms with E-state index in [0.29, 0.717) is 6.61 Å². The highest BCUT2D eigenvalue weighted by molar-refractivity contribution is 5.16. The molecule has 3 nitrogen and oxygen atoms in total. The fourth-order valence-corrected chi connectivity index (χ4v) is 0.963. The third kappa shape index (κ3) is 2.13. The largest absolute Gasteiger partial charge is 0.350 e. The predicted molar refractivity (Wildman–Crippen MR) is 46.6 cm³/mol. The Morgan fingerprint density at radius 1 is 1.42 bits per heavy atom. The van der Waals surface area contributed by atoms with Crippen LogP contribution >= 0.6 is 0 Å². The van der Waals surface area contributed by atoms with Gasteiger partial charge >= 0.3 is 0 Å². The molecular formula is C9H11NO2. The summed E-state index contributed by atoms with van der Waals surface area (Å²) in [5.41, 5.74) is 0.800. The first-order valence-electron chi connectivity index (χ1n) is 3.87. The highest BCUT2D eigenvalue weighted by Gasteiger charge is 2.09. The minimum absolute atomic E-state index is 0.491. The van der Waals surface area contributed by atoms with Gasteiger partial charge in [0.25, 0.3) is 0 Å². The van der Waals surface area contributed by atoms with Gasteiger partial charge < -0.3 is 4.74 Å². The van der Waals surface area contributed by atoms with Gasteiger partial charge in [-0.3, -0.25) is 0 Å². The number of hydrogen-bond acceptors (Lipinski definition) is 3. The Morgan fingerprint density at radius 2 is 2.08 bits per heavy atom. The molecule has 1 rings (SSSR count). The summed E-state index contributed by atoms with van der Waals surface area (Å²) in [4.78, 5) is 10.3. The summed E-state index contributed by atoms with van der Waals surface area (Å²) in [5.74, 6) is 0. The van der Waals surface area contributed by atoms with Gasteiger partial charge in [-0.25, -0.2) is 0 Å². The van der Waals surface area contributed by atoms with Gasteiger partial charge in [0, 0.05) is 12.2 Å². The van der Waals surface area contributed by atoms with Crippen LogP contribution in [-0.2, 0) is 4.74 Å². The van der Waals surface area contributed by atoms with Crippen LogP contribution in [0.5, 0.6) is 0 Å². The van der Waals surface area contributed by atoms with Crippen LogP contribution in [0.15, 0.2) is 35.5 Å². The SMILES string of the molecule is CCOC(N=O)c1ccccc1. The van der Waals surface area contributed by atoms with E-state index in [1.807, 2.05) is 37.3 Å². The second-order valence-corrected chi connectivity index (χ2v) is 2.32. The summed E-state index contributed by atoms with van der Waals surface area (Å²) >= 11 is 0. The molecule has 1 aromatic carbocycles. The lowest BCUT2D eigenvalue weighted by Gasteiger charge is -2.07. The van der Waals surface area contributed by atoms with E-state index in [1.54, 1.807) is 0 Å². The van der Waals surface area contributed by atoms with E-state index in [9.17, 15) is 4.91 Å². The van der Waals surface area contributed by atoms with Crippen molar-refractivity contribution in [3.63, 3.8) is 0 Å². The Balaban J connectivity index is 2.73. The third-order valence-electron chi connectivity index (χ3n) is 1.50. The minimum atomic E-state index is -0.656. The fourth-order valence-electron chi connectivity index (χ4n) is 0.963. The summed E-state index contributed by atoms with van der Waals surface area (Å²) in [6.45, 7) is 2.33. The minimum Gasteiger partial charge on any atom is -0.350 e. The molecule has 0 aliphatic heterocycles. The first kappa shape index (κ1) is 8.87. The molecular weight excluding hydrogens is 154 g/mol. The van der Waals surface area contributed by atoms with Gasteiger partial charge in [-0.15, -0.1) is 4.91 Å². The molecule has 0 aliphatic rings. The van der Waals surface area contributed by atoms with Crippen molar-refractivity contribution in [2.75, 3.05) is 6.61 Å². The molecule has 64 valence electrons. The molecule has 0 saturated heterocycles. The van der Waals surface area contributed by atoms with E-state index in [4.69, 9.17) is 4.74 Å². The summed E-state index contributed by atoms with van der Waals surface area (Å²) in [6, 6.07) is 9.24. The molecule has 1 aromatic rings. The Morgan fingerprint density at radius 3 is 2.58 bits per heavy atom. The second-order valence-electron chi connectivity index (χ2n) is 2.32. The summed E-state index contributed by atoms with van der Waals surface area (Å²) in [6.07, 6.45) is -0.656. The van der Waals surface area contributed by atoms with Crippen LogP contribution in [0.4, 0.5) is 0 Å². The first-order chi connectivity index (χ1) is 5.88. The van der Waals surface area contributed by atoms with Gasteiger partial charge in [-0.05, 0) is 12.1 Å². The van der Waals surface area contributed by atoms with Crippen LogP contribution in [0, 0.1) is 4.91 Å². The van der Waals surface area contributed by atoms with Crippen molar-refractivity contribution in [3.05, 3.63) is 40.8 Å². The summed E-state index contributed by atoms with van der Waals surface area (Å²) in [7, 11) is 0. The van der Waals surface area contributed by atoms with Crippen molar-refractivity contribution in [2.45, 2.75) is 13.2 Å². The van der Waals surface area contributed by atoms with Crippen LogP contribution < -0.4 is 0 Å². The summed E-state index contributed by atoms with van der Waals surface area (Å²) in [5, 5.41) is 2.88. The molecule has 0 N–H and O–H groups in total. The molecule has 12 heavy (non-hydrogen) atoms. The third-order valence-corrected chi connectivity index (χ3v) is 1.50. The van der Waals surface area contributed by atoms with E-state index in [-0.39, 0.29) is 0 Å². The van der Waals surface area contributed by atoms with E-state index in [0.717, 1.165) is 5.56 Å². The molecule has 0 spiro atoms. The maximum atomic E-state index is 10.3. The molecule has 1 unspecified atom stereocenters. The first-order valence-corrected chi connectivity index (χ1v) is 3.87. The quantitative estimate of drug-likeness (QED) is 0.643. The maximum Gasteiger partial charge on any atom is 0.215 e. The molecule has 0 amide bonds. The number of hydrogen-bond donors (Lipinski definition) is 0. The molecule has 0 radical (unpaired) electrons. The number of benzene rings is 1. The topological polar surface area (TPSA) is 38.7 Å². The Bertz CT molecular complexity index is 236. The van der Waals surface area contributed by atoms with E-state index >= 15 is 0 Å². The maximum absolute atomic E-state index is 10.3. The van der Waals surface area contributed by atoms with E-state index in [2.05, 4.69) is 5.18 Å². The zero-order valence-electron chi connectivity index (χ0n) is 6.93. The van der Waals surface area contributed by atoms with Crippen molar-refractivity contribution in [1.29, 1.82) is 0 Å². The Hall–Kier alpha value is -1.22. The van der Waals surface area contributed by atoms with E-state index in [1.165, 1.54) is 0 Å². The zero-order chi connectivity index (χ0) is 8.81. The van der Waals surface area contributed by atoms with Crippen molar-refractivity contribution < 1.29 is 4.74 Å². The lowest BCUT2D eigenvalue weighted by atomic mass is 10.2. The van der Waals surface area contributed by atoms with Gasteiger partial charge in [0.2, 0.25) is 6.23 Å². The van der Waals surface area contributed by atoms with Crippen LogP contribution in [0.1, 0.15) is 18.7 Å². The average molecular weight is 165 g/mol. The highest BCUT2D eigenvalue weighted by atomic mass is 16.5. The highest BCUT2D eigenvalue weighted by Crippen LogP contribution is 2.17. The lowest BCUT2D eigenvalue weighted by molar-refractivity contribution is 0.0680. The Kier molecular flexibility index (Phi) is 3.41. The normalized spacial score (nSPS) is 12.4. The fraction of sp³-hybridized carbons (Fsp3) is 0.333. The predicted octanol–water partition coefficient (Wildman–Crippen LogP) is 2.49. The van der Waals surface area contributed by atoms with E-state index < -0.39 is 6.23 Å². The molecule has 0 aromatic heterocycles. The van der Waals surface area contributed by atoms with Gasteiger partial charge in [-0.2, -0.15) is 0 Å². The van der Waals surface area contributed by atoms with Gasteiger partial charge in [-0.1, -0.05) is 30.3 Å². The standard InChI is InChI=1S/C9H11NO2/c1-2-12-9(10-11)8-6-4-3-5-7-8/h3-7,9H,2H2,1H3.